The number of carbonyl (C=O) groups is 1. The molecule has 0 aliphatic rings. The number of aryl methyl sites for hydroxylation is 1. The van der Waals surface area contributed by atoms with E-state index in [1.807, 2.05) is 13.0 Å². The van der Waals surface area contributed by atoms with Crippen molar-refractivity contribution in [3.05, 3.63) is 64.2 Å². The Kier molecular flexibility index (Phi) is 3.19. The van der Waals surface area contributed by atoms with Gasteiger partial charge in [-0.25, -0.2) is 10.1 Å². The summed E-state index contributed by atoms with van der Waals surface area (Å²) in [7, 11) is 0. The highest BCUT2D eigenvalue weighted by atomic mass is 16.2. The van der Waals surface area contributed by atoms with Gasteiger partial charge < -0.3 is 5.32 Å². The molecule has 2 heterocycles. The van der Waals surface area contributed by atoms with E-state index in [1.165, 1.54) is 0 Å². The summed E-state index contributed by atoms with van der Waals surface area (Å²) in [6.07, 6.45) is 1.60. The topological polar surface area (TPSA) is 87.7 Å². The summed E-state index contributed by atoms with van der Waals surface area (Å²) < 4.78 is 0. The van der Waals surface area contributed by atoms with Gasteiger partial charge >= 0.3 is 0 Å². The van der Waals surface area contributed by atoms with E-state index < -0.39 is 5.91 Å². The van der Waals surface area contributed by atoms with Crippen LogP contribution in [0.2, 0.25) is 0 Å². The highest BCUT2D eigenvalue weighted by molar-refractivity contribution is 6.10. The maximum atomic E-state index is 12.4. The fraction of sp³-hybridized carbons (Fsp3) is 0.0667. The summed E-state index contributed by atoms with van der Waals surface area (Å²) >= 11 is 0. The van der Waals surface area contributed by atoms with E-state index in [1.54, 1.807) is 36.5 Å². The zero-order chi connectivity index (χ0) is 14.8. The van der Waals surface area contributed by atoms with Gasteiger partial charge in [-0.2, -0.15) is 5.10 Å². The standard InChI is InChI=1S/C15H12N4O2/c1-9-5-4-8-16-13(9)17-15(21)12-10-6-2-3-7-11(10)14(20)19-18-12/h2-8H,1H3,(H,19,20)(H,16,17,21). The average Bonchev–Trinajstić information content (AvgIpc) is 2.50. The van der Waals surface area contributed by atoms with E-state index in [9.17, 15) is 9.59 Å². The zero-order valence-corrected chi connectivity index (χ0v) is 11.3. The fourth-order valence-corrected chi connectivity index (χ4v) is 2.07. The summed E-state index contributed by atoms with van der Waals surface area (Å²) in [6.45, 7) is 1.85. The van der Waals surface area contributed by atoms with Crippen LogP contribution in [0.5, 0.6) is 0 Å². The molecule has 1 amide bonds. The van der Waals surface area contributed by atoms with Crippen molar-refractivity contribution in [2.45, 2.75) is 6.92 Å². The SMILES string of the molecule is Cc1cccnc1NC(=O)c1n[nH]c(=O)c2ccccc12. The van der Waals surface area contributed by atoms with Crippen LogP contribution < -0.4 is 10.9 Å². The Hall–Kier alpha value is -3.02. The second-order valence-electron chi connectivity index (χ2n) is 4.57. The first-order chi connectivity index (χ1) is 10.2. The van der Waals surface area contributed by atoms with E-state index in [2.05, 4.69) is 20.5 Å². The van der Waals surface area contributed by atoms with Crippen LogP contribution >= 0.6 is 0 Å². The lowest BCUT2D eigenvalue weighted by Crippen LogP contribution is -2.20. The third-order valence-electron chi connectivity index (χ3n) is 3.15. The normalized spacial score (nSPS) is 10.5. The number of anilines is 1. The van der Waals surface area contributed by atoms with E-state index in [0.717, 1.165) is 5.56 Å². The van der Waals surface area contributed by atoms with Crippen molar-refractivity contribution in [1.29, 1.82) is 0 Å². The number of nitrogens with zero attached hydrogens (tertiary/aromatic N) is 2. The van der Waals surface area contributed by atoms with Crippen molar-refractivity contribution in [2.24, 2.45) is 0 Å². The summed E-state index contributed by atoms with van der Waals surface area (Å²) in [5.74, 6) is 0.0591. The third kappa shape index (κ3) is 2.38. The van der Waals surface area contributed by atoms with Crippen molar-refractivity contribution in [3.8, 4) is 0 Å². The van der Waals surface area contributed by atoms with Gasteiger partial charge in [0, 0.05) is 11.6 Å². The number of hydrogen-bond acceptors (Lipinski definition) is 4. The maximum Gasteiger partial charge on any atom is 0.277 e. The number of fused-ring (bicyclic) bond motifs is 1. The van der Waals surface area contributed by atoms with Crippen molar-refractivity contribution < 1.29 is 4.79 Å². The van der Waals surface area contributed by atoms with E-state index in [-0.39, 0.29) is 11.3 Å². The summed E-state index contributed by atoms with van der Waals surface area (Å²) in [5.41, 5.74) is 0.686. The lowest BCUT2D eigenvalue weighted by atomic mass is 10.1. The van der Waals surface area contributed by atoms with Crippen LogP contribution in [-0.2, 0) is 0 Å². The minimum atomic E-state index is -0.413. The number of benzene rings is 1. The maximum absolute atomic E-state index is 12.4. The molecule has 3 rings (SSSR count). The predicted molar refractivity (Wildman–Crippen MR) is 79.3 cm³/mol. The zero-order valence-electron chi connectivity index (χ0n) is 11.3. The molecule has 104 valence electrons. The van der Waals surface area contributed by atoms with Gasteiger partial charge in [0.05, 0.1) is 5.39 Å². The van der Waals surface area contributed by atoms with Crippen LogP contribution in [0.1, 0.15) is 16.1 Å². The molecule has 3 aromatic rings. The molecule has 0 radical (unpaired) electrons. The molecule has 0 unspecified atom stereocenters. The second kappa shape index (κ2) is 5.16. The fourth-order valence-electron chi connectivity index (χ4n) is 2.07. The van der Waals surface area contributed by atoms with Gasteiger partial charge in [-0.05, 0) is 24.6 Å². The van der Waals surface area contributed by atoms with Crippen molar-refractivity contribution in [3.63, 3.8) is 0 Å². The van der Waals surface area contributed by atoms with Gasteiger partial charge in [0.25, 0.3) is 11.5 Å². The molecule has 1 aromatic carbocycles. The molecule has 0 spiro atoms. The van der Waals surface area contributed by atoms with E-state index >= 15 is 0 Å². The Morgan fingerprint density at radius 2 is 1.90 bits per heavy atom. The molecular formula is C15H12N4O2. The molecule has 2 N–H and O–H groups in total. The first kappa shape index (κ1) is 13.0. The Bertz CT molecular complexity index is 886. The highest BCUT2D eigenvalue weighted by Crippen LogP contribution is 2.15. The number of aromatic amines is 1. The first-order valence-corrected chi connectivity index (χ1v) is 6.37. The Morgan fingerprint density at radius 1 is 1.14 bits per heavy atom. The summed E-state index contributed by atoms with van der Waals surface area (Å²) in [5, 5.41) is 9.83. The number of rotatable bonds is 2. The van der Waals surface area contributed by atoms with Crippen molar-refractivity contribution in [2.75, 3.05) is 5.32 Å². The van der Waals surface area contributed by atoms with Crippen LogP contribution in [0.25, 0.3) is 10.8 Å². The molecule has 0 aliphatic heterocycles. The van der Waals surface area contributed by atoms with Crippen LogP contribution in [0.4, 0.5) is 5.82 Å². The third-order valence-corrected chi connectivity index (χ3v) is 3.15. The Balaban J connectivity index is 2.05. The largest absolute Gasteiger partial charge is 0.305 e. The predicted octanol–water partition coefficient (Wildman–Crippen LogP) is 1.88. The molecule has 0 fully saturated rings. The molecule has 0 bridgehead atoms. The number of aromatic nitrogens is 3. The van der Waals surface area contributed by atoms with Crippen LogP contribution in [0, 0.1) is 6.92 Å². The number of pyridine rings is 1. The van der Waals surface area contributed by atoms with E-state index in [4.69, 9.17) is 0 Å². The molecular weight excluding hydrogens is 268 g/mol. The molecule has 0 aliphatic carbocycles. The Labute approximate surface area is 119 Å². The van der Waals surface area contributed by atoms with Crippen LogP contribution in [0.15, 0.2) is 47.4 Å². The van der Waals surface area contributed by atoms with Gasteiger partial charge in [-0.3, -0.25) is 9.59 Å². The number of amides is 1. The molecule has 0 saturated carbocycles. The quantitative estimate of drug-likeness (QED) is 0.750. The Morgan fingerprint density at radius 3 is 2.67 bits per heavy atom. The molecule has 21 heavy (non-hydrogen) atoms. The molecule has 0 saturated heterocycles. The van der Waals surface area contributed by atoms with Gasteiger partial charge in [0.15, 0.2) is 5.69 Å². The molecule has 0 atom stereocenters. The molecule has 2 aromatic heterocycles. The summed E-state index contributed by atoms with van der Waals surface area (Å²) in [6, 6.07) is 10.5. The first-order valence-electron chi connectivity index (χ1n) is 6.37. The molecule has 6 heteroatoms. The number of nitrogens with one attached hydrogen (secondary N) is 2. The average molecular weight is 280 g/mol. The van der Waals surface area contributed by atoms with Crippen LogP contribution in [-0.4, -0.2) is 21.1 Å². The highest BCUT2D eigenvalue weighted by Gasteiger charge is 2.15. The molecule has 6 nitrogen and oxygen atoms in total. The number of carbonyl (C=O) groups excluding carboxylic acids is 1. The van der Waals surface area contributed by atoms with Crippen LogP contribution in [0.3, 0.4) is 0 Å². The van der Waals surface area contributed by atoms with Gasteiger partial charge in [-0.1, -0.05) is 24.3 Å². The van der Waals surface area contributed by atoms with Crippen molar-refractivity contribution >= 4 is 22.5 Å². The lowest BCUT2D eigenvalue weighted by molar-refractivity contribution is 0.102. The van der Waals surface area contributed by atoms with Gasteiger partial charge in [-0.15, -0.1) is 0 Å². The number of hydrogen-bond donors (Lipinski definition) is 2. The van der Waals surface area contributed by atoms with Gasteiger partial charge in [0.1, 0.15) is 5.82 Å². The monoisotopic (exact) mass is 280 g/mol. The summed E-state index contributed by atoms with van der Waals surface area (Å²) in [4.78, 5) is 28.2. The van der Waals surface area contributed by atoms with Gasteiger partial charge in [0.2, 0.25) is 0 Å². The lowest BCUT2D eigenvalue weighted by Gasteiger charge is -2.07. The minimum Gasteiger partial charge on any atom is -0.305 e. The minimum absolute atomic E-state index is 0.162. The second-order valence-corrected chi connectivity index (χ2v) is 4.57. The smallest absolute Gasteiger partial charge is 0.277 e. The number of H-pyrrole nitrogens is 1. The van der Waals surface area contributed by atoms with Crippen molar-refractivity contribution in [1.82, 2.24) is 15.2 Å². The van der Waals surface area contributed by atoms with E-state index in [0.29, 0.717) is 16.6 Å².